The highest BCUT2D eigenvalue weighted by Crippen LogP contribution is 2.29. The van der Waals surface area contributed by atoms with Crippen molar-refractivity contribution in [1.82, 2.24) is 5.32 Å². The predicted octanol–water partition coefficient (Wildman–Crippen LogP) is 1.77. The Kier molecular flexibility index (Phi) is 5.80. The minimum absolute atomic E-state index is 0.00320. The Morgan fingerprint density at radius 1 is 1.33 bits per heavy atom. The topological polar surface area (TPSA) is 50.7 Å². The van der Waals surface area contributed by atoms with E-state index in [1.807, 2.05) is 6.92 Å². The molecular weight excluding hydrogens is 244 g/mol. The molecule has 1 aromatic carbocycles. The number of benzene rings is 1. The van der Waals surface area contributed by atoms with Gasteiger partial charge in [0.25, 0.3) is 0 Å². The van der Waals surface area contributed by atoms with Gasteiger partial charge in [0.1, 0.15) is 0 Å². The highest BCUT2D eigenvalue weighted by atomic mass is 19.3. The van der Waals surface area contributed by atoms with Gasteiger partial charge < -0.3 is 19.9 Å². The molecular formula is C12H17F2NO3. The SMILES string of the molecule is COc1ccc(CNC(C)CO)cc1OC(F)F. The number of rotatable bonds is 7. The van der Waals surface area contributed by atoms with Gasteiger partial charge in [-0.05, 0) is 24.6 Å². The van der Waals surface area contributed by atoms with Gasteiger partial charge in [-0.25, -0.2) is 0 Å². The van der Waals surface area contributed by atoms with E-state index < -0.39 is 6.61 Å². The van der Waals surface area contributed by atoms with Crippen molar-refractivity contribution < 1.29 is 23.4 Å². The van der Waals surface area contributed by atoms with Crippen molar-refractivity contribution in [1.29, 1.82) is 0 Å². The van der Waals surface area contributed by atoms with E-state index in [-0.39, 0.29) is 24.1 Å². The molecule has 1 aromatic rings. The summed E-state index contributed by atoms with van der Waals surface area (Å²) in [7, 11) is 1.39. The van der Waals surface area contributed by atoms with Crippen LogP contribution in [-0.4, -0.2) is 31.5 Å². The molecule has 0 amide bonds. The number of ether oxygens (including phenoxy) is 2. The van der Waals surface area contributed by atoms with Crippen LogP contribution in [0.25, 0.3) is 0 Å². The third-order valence-electron chi connectivity index (χ3n) is 2.37. The van der Waals surface area contributed by atoms with Crippen LogP contribution in [0.2, 0.25) is 0 Å². The zero-order chi connectivity index (χ0) is 13.5. The summed E-state index contributed by atoms with van der Waals surface area (Å²) < 4.78 is 33.7. The van der Waals surface area contributed by atoms with Crippen LogP contribution in [0, 0.1) is 0 Å². The first kappa shape index (κ1) is 14.7. The molecule has 0 radical (unpaired) electrons. The molecule has 4 nitrogen and oxygen atoms in total. The summed E-state index contributed by atoms with van der Waals surface area (Å²) in [6.07, 6.45) is 0. The van der Waals surface area contributed by atoms with Gasteiger partial charge in [0.05, 0.1) is 13.7 Å². The summed E-state index contributed by atoms with van der Waals surface area (Å²) >= 11 is 0. The molecule has 0 saturated carbocycles. The Bertz CT molecular complexity index is 374. The van der Waals surface area contributed by atoms with Gasteiger partial charge in [-0.1, -0.05) is 6.07 Å². The lowest BCUT2D eigenvalue weighted by molar-refractivity contribution is -0.0512. The first-order valence-electron chi connectivity index (χ1n) is 5.52. The van der Waals surface area contributed by atoms with Crippen molar-refractivity contribution in [2.45, 2.75) is 26.1 Å². The van der Waals surface area contributed by atoms with Gasteiger partial charge in [0.15, 0.2) is 11.5 Å². The average Bonchev–Trinajstić information content (AvgIpc) is 2.35. The third-order valence-corrected chi connectivity index (χ3v) is 2.37. The maximum absolute atomic E-state index is 12.2. The molecule has 1 atom stereocenters. The number of aliphatic hydroxyl groups excluding tert-OH is 1. The standard InChI is InChI=1S/C12H17F2NO3/c1-8(7-16)15-6-9-3-4-10(17-2)11(5-9)18-12(13)14/h3-5,8,12,15-16H,6-7H2,1-2H3. The Balaban J connectivity index is 2.75. The molecule has 1 unspecified atom stereocenters. The van der Waals surface area contributed by atoms with E-state index in [0.717, 1.165) is 5.56 Å². The summed E-state index contributed by atoms with van der Waals surface area (Å²) in [4.78, 5) is 0. The highest BCUT2D eigenvalue weighted by Gasteiger charge is 2.11. The van der Waals surface area contributed by atoms with E-state index in [9.17, 15) is 8.78 Å². The van der Waals surface area contributed by atoms with E-state index >= 15 is 0 Å². The predicted molar refractivity (Wildman–Crippen MR) is 63.0 cm³/mol. The molecule has 0 aliphatic heterocycles. The Morgan fingerprint density at radius 2 is 2.06 bits per heavy atom. The Hall–Kier alpha value is -1.40. The van der Waals surface area contributed by atoms with E-state index in [1.165, 1.54) is 13.2 Å². The zero-order valence-electron chi connectivity index (χ0n) is 10.3. The van der Waals surface area contributed by atoms with Crippen LogP contribution >= 0.6 is 0 Å². The van der Waals surface area contributed by atoms with E-state index in [2.05, 4.69) is 10.1 Å². The normalized spacial score (nSPS) is 12.6. The van der Waals surface area contributed by atoms with E-state index in [0.29, 0.717) is 6.54 Å². The van der Waals surface area contributed by atoms with Crippen LogP contribution < -0.4 is 14.8 Å². The second kappa shape index (κ2) is 7.13. The van der Waals surface area contributed by atoms with Gasteiger partial charge in [0, 0.05) is 12.6 Å². The lowest BCUT2D eigenvalue weighted by Crippen LogP contribution is -2.28. The molecule has 0 saturated heterocycles. The summed E-state index contributed by atoms with van der Waals surface area (Å²) in [6.45, 7) is -0.611. The van der Waals surface area contributed by atoms with Gasteiger partial charge in [-0.15, -0.1) is 0 Å². The summed E-state index contributed by atoms with van der Waals surface area (Å²) in [5.41, 5.74) is 0.770. The first-order chi connectivity index (χ1) is 8.56. The second-order valence-electron chi connectivity index (χ2n) is 3.83. The fraction of sp³-hybridized carbons (Fsp3) is 0.500. The van der Waals surface area contributed by atoms with Crippen LogP contribution in [-0.2, 0) is 6.54 Å². The highest BCUT2D eigenvalue weighted by molar-refractivity contribution is 5.42. The molecule has 0 aliphatic carbocycles. The first-order valence-corrected chi connectivity index (χ1v) is 5.52. The van der Waals surface area contributed by atoms with Crippen molar-refractivity contribution in [2.75, 3.05) is 13.7 Å². The minimum Gasteiger partial charge on any atom is -0.493 e. The zero-order valence-corrected chi connectivity index (χ0v) is 10.3. The largest absolute Gasteiger partial charge is 0.493 e. The summed E-state index contributed by atoms with van der Waals surface area (Å²) in [6, 6.07) is 4.74. The fourth-order valence-electron chi connectivity index (χ4n) is 1.38. The maximum atomic E-state index is 12.2. The van der Waals surface area contributed by atoms with Gasteiger partial charge >= 0.3 is 6.61 Å². The van der Waals surface area contributed by atoms with Crippen molar-refractivity contribution in [3.8, 4) is 11.5 Å². The summed E-state index contributed by atoms with van der Waals surface area (Å²) in [5.74, 6) is 0.262. The van der Waals surface area contributed by atoms with E-state index in [1.54, 1.807) is 12.1 Å². The lowest BCUT2D eigenvalue weighted by atomic mass is 10.2. The van der Waals surface area contributed by atoms with Gasteiger partial charge in [-0.3, -0.25) is 0 Å². The molecule has 1 rings (SSSR count). The molecule has 0 aliphatic rings. The molecule has 0 aromatic heterocycles. The Morgan fingerprint density at radius 3 is 2.61 bits per heavy atom. The second-order valence-corrected chi connectivity index (χ2v) is 3.83. The number of methoxy groups -OCH3 is 1. The Labute approximate surface area is 105 Å². The van der Waals surface area contributed by atoms with Crippen LogP contribution in [0.15, 0.2) is 18.2 Å². The molecule has 2 N–H and O–H groups in total. The average molecular weight is 261 g/mol. The van der Waals surface area contributed by atoms with Crippen molar-refractivity contribution >= 4 is 0 Å². The van der Waals surface area contributed by atoms with Gasteiger partial charge in [0.2, 0.25) is 0 Å². The third kappa shape index (κ3) is 4.46. The number of alkyl halides is 2. The van der Waals surface area contributed by atoms with Gasteiger partial charge in [-0.2, -0.15) is 8.78 Å². The fourth-order valence-corrected chi connectivity index (χ4v) is 1.38. The molecule has 0 spiro atoms. The number of nitrogens with one attached hydrogen (secondary N) is 1. The molecule has 18 heavy (non-hydrogen) atoms. The van der Waals surface area contributed by atoms with E-state index in [4.69, 9.17) is 9.84 Å². The molecule has 0 heterocycles. The van der Waals surface area contributed by atoms with Crippen molar-refractivity contribution in [2.24, 2.45) is 0 Å². The number of hydrogen-bond donors (Lipinski definition) is 2. The number of halogens is 2. The minimum atomic E-state index is -2.89. The van der Waals surface area contributed by atoms with Crippen LogP contribution in [0.5, 0.6) is 11.5 Å². The summed E-state index contributed by atoms with van der Waals surface area (Å²) in [5, 5.41) is 11.9. The molecule has 6 heteroatoms. The van der Waals surface area contributed by atoms with Crippen molar-refractivity contribution in [3.05, 3.63) is 23.8 Å². The molecule has 102 valence electrons. The van der Waals surface area contributed by atoms with Crippen LogP contribution in [0.4, 0.5) is 8.78 Å². The van der Waals surface area contributed by atoms with Crippen molar-refractivity contribution in [3.63, 3.8) is 0 Å². The lowest BCUT2D eigenvalue weighted by Gasteiger charge is -2.13. The van der Waals surface area contributed by atoms with Crippen LogP contribution in [0.1, 0.15) is 12.5 Å². The quantitative estimate of drug-likeness (QED) is 0.785. The smallest absolute Gasteiger partial charge is 0.387 e. The number of hydrogen-bond acceptors (Lipinski definition) is 4. The maximum Gasteiger partial charge on any atom is 0.387 e. The van der Waals surface area contributed by atoms with Crippen LogP contribution in [0.3, 0.4) is 0 Å². The monoisotopic (exact) mass is 261 g/mol. The number of aliphatic hydroxyl groups is 1. The molecule has 0 bridgehead atoms. The molecule has 0 fully saturated rings.